The first-order chi connectivity index (χ1) is 7.09. The molecule has 0 saturated carbocycles. The van der Waals surface area contributed by atoms with Crippen molar-refractivity contribution in [2.75, 3.05) is 6.54 Å². The largest absolute Gasteiger partial charge is 0.369 e. The summed E-state index contributed by atoms with van der Waals surface area (Å²) in [6, 6.07) is 0.293. The van der Waals surface area contributed by atoms with Gasteiger partial charge in [-0.25, -0.2) is 4.98 Å². The molecule has 0 aliphatic carbocycles. The Balaban J connectivity index is 2.25. The van der Waals surface area contributed by atoms with Crippen LogP contribution >= 0.6 is 0 Å². The van der Waals surface area contributed by atoms with Gasteiger partial charge in [0, 0.05) is 37.4 Å². The molecule has 0 aliphatic rings. The van der Waals surface area contributed by atoms with Crippen molar-refractivity contribution in [2.24, 2.45) is 11.7 Å². The molecule has 0 aromatic carbocycles. The van der Waals surface area contributed by atoms with Crippen LogP contribution in [0.3, 0.4) is 0 Å². The van der Waals surface area contributed by atoms with Gasteiger partial charge in [0.25, 0.3) is 0 Å². The summed E-state index contributed by atoms with van der Waals surface area (Å²) in [4.78, 5) is 14.8. The number of carbonyl (C=O) groups is 1. The van der Waals surface area contributed by atoms with Crippen molar-refractivity contribution >= 4 is 5.91 Å². The van der Waals surface area contributed by atoms with Crippen molar-refractivity contribution in [1.82, 2.24) is 14.9 Å². The summed E-state index contributed by atoms with van der Waals surface area (Å²) in [6.07, 6.45) is 5.43. The van der Waals surface area contributed by atoms with Crippen LogP contribution in [0.2, 0.25) is 0 Å². The lowest BCUT2D eigenvalue weighted by molar-refractivity contribution is -0.121. The first kappa shape index (κ1) is 11.7. The third kappa shape index (κ3) is 4.12. The van der Waals surface area contributed by atoms with Crippen molar-refractivity contribution in [1.29, 1.82) is 0 Å². The number of rotatable bonds is 6. The minimum Gasteiger partial charge on any atom is -0.369 e. The number of primary amides is 1. The first-order valence-corrected chi connectivity index (χ1v) is 5.08. The van der Waals surface area contributed by atoms with Gasteiger partial charge in [-0.3, -0.25) is 4.79 Å². The molecule has 2 atom stereocenters. The molecule has 1 rings (SSSR count). The molecule has 0 saturated heterocycles. The zero-order valence-corrected chi connectivity index (χ0v) is 9.18. The number of nitrogens with one attached hydrogen (secondary N) is 1. The second-order valence-electron chi connectivity index (χ2n) is 3.87. The van der Waals surface area contributed by atoms with E-state index in [1.807, 2.05) is 17.7 Å². The Morgan fingerprint density at radius 1 is 1.60 bits per heavy atom. The monoisotopic (exact) mass is 210 g/mol. The normalized spacial score (nSPS) is 14.8. The number of hydrogen-bond acceptors (Lipinski definition) is 3. The van der Waals surface area contributed by atoms with Gasteiger partial charge < -0.3 is 15.6 Å². The highest BCUT2D eigenvalue weighted by Gasteiger charge is 2.10. The van der Waals surface area contributed by atoms with Crippen LogP contribution in [0.15, 0.2) is 18.7 Å². The molecule has 3 N–H and O–H groups in total. The molecule has 5 nitrogen and oxygen atoms in total. The van der Waals surface area contributed by atoms with Gasteiger partial charge in [-0.15, -0.1) is 0 Å². The Morgan fingerprint density at radius 2 is 2.33 bits per heavy atom. The van der Waals surface area contributed by atoms with E-state index in [1.165, 1.54) is 0 Å². The molecule has 1 aromatic heterocycles. The number of carbonyl (C=O) groups excluding carboxylic acids is 1. The Kier molecular flexibility index (Phi) is 4.30. The summed E-state index contributed by atoms with van der Waals surface area (Å²) >= 11 is 0. The zero-order chi connectivity index (χ0) is 11.3. The van der Waals surface area contributed by atoms with Crippen LogP contribution in [0.4, 0.5) is 0 Å². The fraction of sp³-hybridized carbons (Fsp3) is 0.600. The Hall–Kier alpha value is -1.36. The van der Waals surface area contributed by atoms with E-state index in [0.717, 1.165) is 6.54 Å². The minimum absolute atomic E-state index is 0.129. The van der Waals surface area contributed by atoms with Gasteiger partial charge in [-0.2, -0.15) is 0 Å². The molecule has 1 amide bonds. The van der Waals surface area contributed by atoms with Crippen LogP contribution in [0, 0.1) is 5.92 Å². The fourth-order valence-corrected chi connectivity index (χ4v) is 1.25. The average Bonchev–Trinajstić information content (AvgIpc) is 2.66. The molecule has 0 aliphatic heterocycles. The van der Waals surface area contributed by atoms with Gasteiger partial charge in [0.05, 0.1) is 6.33 Å². The van der Waals surface area contributed by atoms with Gasteiger partial charge in [-0.1, -0.05) is 6.92 Å². The van der Waals surface area contributed by atoms with E-state index in [4.69, 9.17) is 5.73 Å². The highest BCUT2D eigenvalue weighted by Crippen LogP contribution is 1.95. The van der Waals surface area contributed by atoms with Crippen LogP contribution in [-0.4, -0.2) is 28.0 Å². The van der Waals surface area contributed by atoms with Gasteiger partial charge >= 0.3 is 0 Å². The van der Waals surface area contributed by atoms with E-state index in [-0.39, 0.29) is 11.8 Å². The van der Waals surface area contributed by atoms with Crippen LogP contribution in [0.5, 0.6) is 0 Å². The number of imidazole rings is 1. The summed E-state index contributed by atoms with van der Waals surface area (Å²) in [5.41, 5.74) is 5.16. The summed E-state index contributed by atoms with van der Waals surface area (Å²) in [5.74, 6) is -0.396. The molecular formula is C10H18N4O. The molecule has 1 heterocycles. The highest BCUT2D eigenvalue weighted by atomic mass is 16.1. The maximum Gasteiger partial charge on any atom is 0.221 e. The molecular weight excluding hydrogens is 192 g/mol. The molecule has 0 spiro atoms. The predicted octanol–water partition coefficient (Wildman–Crippen LogP) is -0.0174. The topological polar surface area (TPSA) is 72.9 Å². The summed E-state index contributed by atoms with van der Waals surface area (Å²) in [6.45, 7) is 5.34. The van der Waals surface area contributed by atoms with Crippen LogP contribution in [0.25, 0.3) is 0 Å². The SMILES string of the molecule is CC(Cn1ccnc1)NCC(C)C(N)=O. The molecule has 0 radical (unpaired) electrons. The summed E-state index contributed by atoms with van der Waals surface area (Å²) in [5, 5.41) is 3.25. The van der Waals surface area contributed by atoms with Crippen LogP contribution < -0.4 is 11.1 Å². The molecule has 5 heteroatoms. The van der Waals surface area contributed by atoms with Crippen molar-refractivity contribution in [2.45, 2.75) is 26.4 Å². The lowest BCUT2D eigenvalue weighted by Crippen LogP contribution is -2.37. The third-order valence-corrected chi connectivity index (χ3v) is 2.30. The van der Waals surface area contributed by atoms with E-state index in [9.17, 15) is 4.79 Å². The van der Waals surface area contributed by atoms with E-state index in [0.29, 0.717) is 12.6 Å². The minimum atomic E-state index is -0.266. The van der Waals surface area contributed by atoms with Crippen molar-refractivity contribution in [3.8, 4) is 0 Å². The van der Waals surface area contributed by atoms with E-state index < -0.39 is 0 Å². The lowest BCUT2D eigenvalue weighted by Gasteiger charge is -2.16. The summed E-state index contributed by atoms with van der Waals surface area (Å²) < 4.78 is 1.99. The first-order valence-electron chi connectivity index (χ1n) is 5.08. The smallest absolute Gasteiger partial charge is 0.221 e. The molecule has 1 aromatic rings. The van der Waals surface area contributed by atoms with E-state index in [1.54, 1.807) is 12.5 Å². The second kappa shape index (κ2) is 5.50. The molecule has 15 heavy (non-hydrogen) atoms. The Labute approximate surface area is 89.7 Å². The van der Waals surface area contributed by atoms with E-state index >= 15 is 0 Å². The quantitative estimate of drug-likeness (QED) is 0.693. The number of nitrogens with zero attached hydrogens (tertiary/aromatic N) is 2. The number of amides is 1. The molecule has 0 fully saturated rings. The third-order valence-electron chi connectivity index (χ3n) is 2.30. The standard InChI is InChI=1S/C10H18N4O/c1-8(10(11)15)5-13-9(2)6-14-4-3-12-7-14/h3-4,7-9,13H,5-6H2,1-2H3,(H2,11,15). The average molecular weight is 210 g/mol. The number of hydrogen-bond donors (Lipinski definition) is 2. The van der Waals surface area contributed by atoms with Gasteiger partial charge in [0.15, 0.2) is 0 Å². The van der Waals surface area contributed by atoms with Crippen molar-refractivity contribution in [3.63, 3.8) is 0 Å². The van der Waals surface area contributed by atoms with Gasteiger partial charge in [0.2, 0.25) is 5.91 Å². The van der Waals surface area contributed by atoms with Crippen molar-refractivity contribution < 1.29 is 4.79 Å². The van der Waals surface area contributed by atoms with Crippen LogP contribution in [0.1, 0.15) is 13.8 Å². The lowest BCUT2D eigenvalue weighted by atomic mass is 10.1. The Morgan fingerprint density at radius 3 is 2.87 bits per heavy atom. The van der Waals surface area contributed by atoms with Crippen LogP contribution in [-0.2, 0) is 11.3 Å². The highest BCUT2D eigenvalue weighted by molar-refractivity contribution is 5.76. The maximum atomic E-state index is 10.8. The number of nitrogens with two attached hydrogens (primary N) is 1. The second-order valence-corrected chi connectivity index (χ2v) is 3.87. The molecule has 84 valence electrons. The molecule has 0 bridgehead atoms. The maximum absolute atomic E-state index is 10.8. The molecule has 2 unspecified atom stereocenters. The van der Waals surface area contributed by atoms with Gasteiger partial charge in [-0.05, 0) is 6.92 Å². The predicted molar refractivity (Wildman–Crippen MR) is 58.1 cm³/mol. The van der Waals surface area contributed by atoms with E-state index in [2.05, 4.69) is 17.2 Å². The number of aromatic nitrogens is 2. The summed E-state index contributed by atoms with van der Waals surface area (Å²) in [7, 11) is 0. The van der Waals surface area contributed by atoms with Gasteiger partial charge in [0.1, 0.15) is 0 Å². The van der Waals surface area contributed by atoms with Crippen molar-refractivity contribution in [3.05, 3.63) is 18.7 Å². The fourth-order valence-electron chi connectivity index (χ4n) is 1.25. The zero-order valence-electron chi connectivity index (χ0n) is 9.18. The Bertz CT molecular complexity index is 296.